The summed E-state index contributed by atoms with van der Waals surface area (Å²) < 4.78 is 0. The summed E-state index contributed by atoms with van der Waals surface area (Å²) in [6.45, 7) is 3.65. The summed E-state index contributed by atoms with van der Waals surface area (Å²) >= 11 is 1.62. The zero-order valence-corrected chi connectivity index (χ0v) is 10.3. The Hall–Kier alpha value is -1.19. The molecule has 0 atom stereocenters. The fourth-order valence-corrected chi connectivity index (χ4v) is 2.40. The number of hydrogen-bond acceptors (Lipinski definition) is 3. The van der Waals surface area contributed by atoms with E-state index in [0.717, 1.165) is 16.1 Å². The molecule has 16 heavy (non-hydrogen) atoms. The molecule has 0 aliphatic heterocycles. The largest absolute Gasteiger partial charge is 0.390 e. The second kappa shape index (κ2) is 4.36. The lowest BCUT2D eigenvalue weighted by atomic mass is 9.95. The molecule has 3 heteroatoms. The Morgan fingerprint density at radius 2 is 2.06 bits per heavy atom. The maximum Gasteiger partial charge on any atom is 0.123 e. The molecule has 0 amide bonds. The van der Waals surface area contributed by atoms with Crippen molar-refractivity contribution in [3.05, 3.63) is 41.4 Å². The maximum absolute atomic E-state index is 9.88. The van der Waals surface area contributed by atoms with Crippen LogP contribution >= 0.6 is 11.3 Å². The Morgan fingerprint density at radius 3 is 2.69 bits per heavy atom. The van der Waals surface area contributed by atoms with Gasteiger partial charge in [-0.2, -0.15) is 0 Å². The summed E-state index contributed by atoms with van der Waals surface area (Å²) in [5.74, 6) is 0. The molecule has 0 fully saturated rings. The third-order valence-electron chi connectivity index (χ3n) is 2.30. The molecule has 84 valence electrons. The maximum atomic E-state index is 9.88. The number of nitrogens with zero attached hydrogens (tertiary/aromatic N) is 1. The van der Waals surface area contributed by atoms with E-state index in [1.807, 2.05) is 31.4 Å². The summed E-state index contributed by atoms with van der Waals surface area (Å²) in [6.07, 6.45) is 2.45. The van der Waals surface area contributed by atoms with Gasteiger partial charge < -0.3 is 5.11 Å². The first-order chi connectivity index (χ1) is 7.56. The van der Waals surface area contributed by atoms with Gasteiger partial charge in [0.15, 0.2) is 0 Å². The van der Waals surface area contributed by atoms with Crippen molar-refractivity contribution in [1.82, 2.24) is 4.98 Å². The van der Waals surface area contributed by atoms with Crippen LogP contribution in [-0.2, 0) is 6.42 Å². The average Bonchev–Trinajstić information content (AvgIpc) is 2.69. The number of aliphatic hydroxyl groups is 1. The molecule has 0 saturated carbocycles. The SMILES string of the molecule is CC(C)(O)Cc1ccccc1-c1nccs1. The second-order valence-electron chi connectivity index (χ2n) is 4.48. The van der Waals surface area contributed by atoms with Crippen LogP contribution in [0.15, 0.2) is 35.8 Å². The van der Waals surface area contributed by atoms with Crippen molar-refractivity contribution < 1.29 is 5.11 Å². The highest BCUT2D eigenvalue weighted by atomic mass is 32.1. The second-order valence-corrected chi connectivity index (χ2v) is 5.38. The van der Waals surface area contributed by atoms with Gasteiger partial charge in [0.25, 0.3) is 0 Å². The fourth-order valence-electron chi connectivity index (χ4n) is 1.71. The molecular formula is C13H15NOS. The van der Waals surface area contributed by atoms with Crippen molar-refractivity contribution in [2.75, 3.05) is 0 Å². The monoisotopic (exact) mass is 233 g/mol. The summed E-state index contributed by atoms with van der Waals surface area (Å²) in [4.78, 5) is 4.31. The Balaban J connectivity index is 2.39. The van der Waals surface area contributed by atoms with Gasteiger partial charge >= 0.3 is 0 Å². The minimum Gasteiger partial charge on any atom is -0.390 e. The van der Waals surface area contributed by atoms with E-state index in [9.17, 15) is 5.11 Å². The lowest BCUT2D eigenvalue weighted by Crippen LogP contribution is -2.22. The predicted octanol–water partition coefficient (Wildman–Crippen LogP) is 3.12. The normalized spacial score (nSPS) is 11.7. The van der Waals surface area contributed by atoms with Gasteiger partial charge in [-0.1, -0.05) is 24.3 Å². The number of benzene rings is 1. The van der Waals surface area contributed by atoms with E-state index >= 15 is 0 Å². The van der Waals surface area contributed by atoms with Crippen LogP contribution in [0, 0.1) is 0 Å². The molecule has 0 bridgehead atoms. The van der Waals surface area contributed by atoms with Crippen LogP contribution in [0.5, 0.6) is 0 Å². The van der Waals surface area contributed by atoms with Crippen molar-refractivity contribution in [2.45, 2.75) is 25.9 Å². The molecule has 0 unspecified atom stereocenters. The van der Waals surface area contributed by atoms with Crippen LogP contribution in [-0.4, -0.2) is 15.7 Å². The highest BCUT2D eigenvalue weighted by molar-refractivity contribution is 7.13. The molecule has 1 N–H and O–H groups in total. The Morgan fingerprint density at radius 1 is 1.31 bits per heavy atom. The number of hydrogen-bond donors (Lipinski definition) is 1. The molecule has 1 heterocycles. The molecule has 0 aliphatic rings. The number of thiazole rings is 1. The van der Waals surface area contributed by atoms with Gasteiger partial charge in [0.2, 0.25) is 0 Å². The van der Waals surface area contributed by atoms with Crippen LogP contribution in [0.25, 0.3) is 10.6 Å². The van der Waals surface area contributed by atoms with Crippen LogP contribution in [0.1, 0.15) is 19.4 Å². The molecule has 1 aromatic carbocycles. The lowest BCUT2D eigenvalue weighted by molar-refractivity contribution is 0.0811. The predicted molar refractivity (Wildman–Crippen MR) is 67.6 cm³/mol. The fraction of sp³-hybridized carbons (Fsp3) is 0.308. The molecule has 0 saturated heterocycles. The van der Waals surface area contributed by atoms with Gasteiger partial charge in [-0.25, -0.2) is 4.98 Å². The summed E-state index contributed by atoms with van der Waals surface area (Å²) in [6, 6.07) is 8.11. The highest BCUT2D eigenvalue weighted by Crippen LogP contribution is 2.27. The van der Waals surface area contributed by atoms with Gasteiger partial charge in [-0.05, 0) is 19.4 Å². The van der Waals surface area contributed by atoms with E-state index in [1.54, 1.807) is 17.5 Å². The zero-order chi connectivity index (χ0) is 11.6. The van der Waals surface area contributed by atoms with Gasteiger partial charge in [0, 0.05) is 23.6 Å². The highest BCUT2D eigenvalue weighted by Gasteiger charge is 2.16. The van der Waals surface area contributed by atoms with E-state index in [0.29, 0.717) is 6.42 Å². The molecule has 0 aliphatic carbocycles. The third-order valence-corrected chi connectivity index (χ3v) is 3.11. The van der Waals surface area contributed by atoms with Gasteiger partial charge in [-0.3, -0.25) is 0 Å². The van der Waals surface area contributed by atoms with Crippen molar-refractivity contribution in [2.24, 2.45) is 0 Å². The minimum atomic E-state index is -0.687. The van der Waals surface area contributed by atoms with Crippen LogP contribution in [0.3, 0.4) is 0 Å². The van der Waals surface area contributed by atoms with Gasteiger partial charge in [-0.15, -0.1) is 11.3 Å². The van der Waals surface area contributed by atoms with Gasteiger partial charge in [0.05, 0.1) is 5.60 Å². The van der Waals surface area contributed by atoms with Crippen molar-refractivity contribution in [3.63, 3.8) is 0 Å². The number of aromatic nitrogens is 1. The smallest absolute Gasteiger partial charge is 0.123 e. The molecule has 0 radical (unpaired) electrons. The molecule has 0 spiro atoms. The molecule has 2 rings (SSSR count). The molecule has 1 aromatic heterocycles. The summed E-state index contributed by atoms with van der Waals surface area (Å²) in [5.41, 5.74) is 1.58. The third kappa shape index (κ3) is 2.68. The van der Waals surface area contributed by atoms with E-state index in [-0.39, 0.29) is 0 Å². The van der Waals surface area contributed by atoms with E-state index < -0.39 is 5.60 Å². The van der Waals surface area contributed by atoms with Crippen LogP contribution < -0.4 is 0 Å². The first kappa shape index (κ1) is 11.3. The molecule has 2 aromatic rings. The zero-order valence-electron chi connectivity index (χ0n) is 9.47. The molecule has 2 nitrogen and oxygen atoms in total. The van der Waals surface area contributed by atoms with Gasteiger partial charge in [0.1, 0.15) is 5.01 Å². The first-order valence-electron chi connectivity index (χ1n) is 5.26. The average molecular weight is 233 g/mol. The summed E-state index contributed by atoms with van der Waals surface area (Å²) in [5, 5.41) is 12.9. The Labute approximate surface area is 99.6 Å². The topological polar surface area (TPSA) is 33.1 Å². The minimum absolute atomic E-state index is 0.642. The van der Waals surface area contributed by atoms with Crippen LogP contribution in [0.2, 0.25) is 0 Å². The van der Waals surface area contributed by atoms with Crippen molar-refractivity contribution in [3.8, 4) is 10.6 Å². The first-order valence-corrected chi connectivity index (χ1v) is 6.14. The Bertz CT molecular complexity index is 457. The van der Waals surface area contributed by atoms with E-state index in [1.165, 1.54) is 0 Å². The van der Waals surface area contributed by atoms with Crippen molar-refractivity contribution >= 4 is 11.3 Å². The molecular weight excluding hydrogens is 218 g/mol. The van der Waals surface area contributed by atoms with Crippen molar-refractivity contribution in [1.29, 1.82) is 0 Å². The number of rotatable bonds is 3. The lowest BCUT2D eigenvalue weighted by Gasteiger charge is -2.18. The van der Waals surface area contributed by atoms with E-state index in [2.05, 4.69) is 17.1 Å². The standard InChI is InChI=1S/C13H15NOS/c1-13(2,15)9-10-5-3-4-6-11(10)12-14-7-8-16-12/h3-8,15H,9H2,1-2H3. The van der Waals surface area contributed by atoms with Crippen LogP contribution in [0.4, 0.5) is 0 Å². The quantitative estimate of drug-likeness (QED) is 0.883. The Kier molecular flexibility index (Phi) is 3.08. The van der Waals surface area contributed by atoms with E-state index in [4.69, 9.17) is 0 Å². The summed E-state index contributed by atoms with van der Waals surface area (Å²) in [7, 11) is 0.